The largest absolute Gasteiger partial charge is 0.504 e. The van der Waals surface area contributed by atoms with Gasteiger partial charge in [-0.25, -0.2) is 9.59 Å². The summed E-state index contributed by atoms with van der Waals surface area (Å²) in [7, 11) is 9.76. The molecule has 36 heteroatoms. The third kappa shape index (κ3) is 26.9. The Labute approximate surface area is 789 Å². The smallest absolute Gasteiger partial charge is 0.342 e. The molecule has 2 aliphatic heterocycles. The standard InChI is InChI=1S/C25H22N2O7.C24H22N2O6.C15H13NO6.C15H13NO5.C15H14O3.C8H8O3/c1-32-22-13-18(20(27(30)31)14-23(22)34-15-16-8-4-3-5-9-16)24(28)26-19-11-7-6-10-17(19)12-21(26)25(29)33-2;1-31-22-12-19(24(28)25-18(14-27)11-17-9-5-6-10-20(17)25)21(26(29)30)13-23(22)32-15-16-7-3-2-4-8-16;1-21-13-7-11(15(17)18)12(16(19)20)8-14(13)22-9-10-5-3-2-4-6-10;1-20-14-7-12(9-17)13(16(18)19)8-15(14)21-10-11-5-3-2-4-6-11;1-17-15-9-13(10-16)7-8-14(15)18-11-12-5-3-2-4-6-12;1-11-8-4-6(5-9)2-3-7(8)10/h3-11,13-14,21H,12,15H2,1-2H3;2-10,12-13,18,27H,11,14-15H2,1H3;2-8H,9H2,1H3,(H,17,18);2-9H,10H2,1H3;2-10H,11H2,1H3;2-5,10H,1H3/t21-;18-;;;;/m11..../s1. The van der Waals surface area contributed by atoms with Crippen molar-refractivity contribution in [3.63, 3.8) is 0 Å². The summed E-state index contributed by atoms with van der Waals surface area (Å²) in [6, 6.07) is 79.1. The molecule has 0 fully saturated rings. The number of aldehydes is 3. The lowest BCUT2D eigenvalue weighted by Gasteiger charge is -2.24. The van der Waals surface area contributed by atoms with E-state index >= 15 is 0 Å². The molecule has 13 aromatic carbocycles. The molecule has 13 aromatic rings. The number of benzene rings is 13. The summed E-state index contributed by atoms with van der Waals surface area (Å²) in [6.45, 7) is 0.982. The number of hydrogen-bond donors (Lipinski definition) is 3. The van der Waals surface area contributed by atoms with E-state index in [1.807, 2.05) is 164 Å². The van der Waals surface area contributed by atoms with Crippen molar-refractivity contribution in [2.45, 2.75) is 58.0 Å². The monoisotopic (exact) mass is 1880 g/mol. The molecule has 0 aliphatic carbocycles. The summed E-state index contributed by atoms with van der Waals surface area (Å²) in [6.07, 6.45) is 2.62. The molecule has 0 bridgehead atoms. The van der Waals surface area contributed by atoms with E-state index in [9.17, 15) is 79.1 Å². The normalized spacial score (nSPS) is 12.1. The van der Waals surface area contributed by atoms with Gasteiger partial charge in [-0.3, -0.25) is 69.3 Å². The summed E-state index contributed by atoms with van der Waals surface area (Å²) in [5, 5.41) is 73.7. The first-order chi connectivity index (χ1) is 66.7. The number of esters is 1. The van der Waals surface area contributed by atoms with Crippen molar-refractivity contribution in [3.8, 4) is 69.0 Å². The van der Waals surface area contributed by atoms with Crippen LogP contribution in [0, 0.1) is 40.5 Å². The number of amides is 2. The fourth-order valence-corrected chi connectivity index (χ4v) is 13.9. The van der Waals surface area contributed by atoms with Crippen LogP contribution in [-0.4, -0.2) is 146 Å². The Morgan fingerprint density at radius 1 is 0.348 bits per heavy atom. The maximum absolute atomic E-state index is 13.6. The summed E-state index contributed by atoms with van der Waals surface area (Å²) in [4.78, 5) is 128. The van der Waals surface area contributed by atoms with Gasteiger partial charge in [0, 0.05) is 53.2 Å². The van der Waals surface area contributed by atoms with Gasteiger partial charge in [0.15, 0.2) is 75.3 Å². The van der Waals surface area contributed by atoms with Crippen LogP contribution in [0.15, 0.2) is 285 Å². The molecule has 2 heterocycles. The number of fused-ring (bicyclic) bond motifs is 2. The Balaban J connectivity index is 0.000000176. The van der Waals surface area contributed by atoms with E-state index in [-0.39, 0.29) is 119 Å². The fraction of sp³-hybridized carbons (Fsp3) is 0.167. The molecule has 2 amide bonds. The number of methoxy groups -OCH3 is 7. The van der Waals surface area contributed by atoms with Crippen LogP contribution in [0.4, 0.5) is 34.1 Å². The number of nitro benzene ring substituents is 4. The molecule has 0 spiro atoms. The maximum Gasteiger partial charge on any atom is 0.342 e. The minimum atomic E-state index is -1.40. The molecule has 2 atom stereocenters. The molecule has 138 heavy (non-hydrogen) atoms. The number of nitrogens with zero attached hydrogens (tertiary/aromatic N) is 6. The van der Waals surface area contributed by atoms with Crippen molar-refractivity contribution in [1.29, 1.82) is 0 Å². The molecule has 3 N–H and O–H groups in total. The van der Waals surface area contributed by atoms with Crippen LogP contribution in [0.2, 0.25) is 0 Å². The number of carboxylic acid groups (broad SMARTS) is 1. The molecular weight excluding hydrogens is 1790 g/mol. The number of carboxylic acids is 1. The zero-order valence-corrected chi connectivity index (χ0v) is 75.2. The molecule has 0 saturated heterocycles. The predicted molar refractivity (Wildman–Crippen MR) is 504 cm³/mol. The maximum atomic E-state index is 13.6. The van der Waals surface area contributed by atoms with Gasteiger partial charge in [0.1, 0.15) is 68.3 Å². The molecule has 710 valence electrons. The van der Waals surface area contributed by atoms with E-state index in [4.69, 9.17) is 67.1 Å². The Bertz CT molecular complexity index is 6460. The lowest BCUT2D eigenvalue weighted by molar-refractivity contribution is -0.385. The molecule has 36 nitrogen and oxygen atoms in total. The van der Waals surface area contributed by atoms with Gasteiger partial charge in [-0.1, -0.05) is 188 Å². The number of phenolic OH excluding ortho intramolecular Hbond substituents is 1. The van der Waals surface area contributed by atoms with E-state index < -0.39 is 72.5 Å². The minimum Gasteiger partial charge on any atom is -0.504 e. The van der Waals surface area contributed by atoms with Crippen LogP contribution in [0.25, 0.3) is 0 Å². The summed E-state index contributed by atoms with van der Waals surface area (Å²) in [5.41, 5.74) is 5.92. The Hall–Kier alpha value is -18.1. The van der Waals surface area contributed by atoms with Gasteiger partial charge in [-0.15, -0.1) is 0 Å². The highest BCUT2D eigenvalue weighted by Crippen LogP contribution is 2.44. The third-order valence-corrected chi connectivity index (χ3v) is 20.8. The van der Waals surface area contributed by atoms with Crippen LogP contribution in [-0.2, 0) is 55.4 Å². The van der Waals surface area contributed by atoms with E-state index in [1.54, 1.807) is 61.7 Å². The fourth-order valence-electron chi connectivity index (χ4n) is 13.9. The number of hydrogen-bond acceptors (Lipinski definition) is 29. The average molecular weight is 1880 g/mol. The number of nitro groups is 4. The molecule has 0 aromatic heterocycles. The topological polar surface area (TPSA) is 470 Å². The average Bonchev–Trinajstić information content (AvgIpc) is 1.60. The first-order valence-corrected chi connectivity index (χ1v) is 41.7. The van der Waals surface area contributed by atoms with Gasteiger partial charge in [-0.05, 0) is 93.9 Å². The third-order valence-electron chi connectivity index (χ3n) is 20.8. The minimum absolute atomic E-state index is 0.0399. The number of aromatic hydroxyl groups is 1. The van der Waals surface area contributed by atoms with Gasteiger partial charge in [0.05, 0.1) is 112 Å². The Morgan fingerprint density at radius 2 is 0.659 bits per heavy atom. The number of phenols is 1. The molecule has 0 unspecified atom stereocenters. The Morgan fingerprint density at radius 3 is 1.01 bits per heavy atom. The number of aliphatic hydroxyl groups is 1. The highest BCUT2D eigenvalue weighted by atomic mass is 16.6. The van der Waals surface area contributed by atoms with Crippen LogP contribution in [0.3, 0.4) is 0 Å². The van der Waals surface area contributed by atoms with Crippen molar-refractivity contribution in [3.05, 3.63) is 398 Å². The molecule has 0 radical (unpaired) electrons. The summed E-state index contributed by atoms with van der Waals surface area (Å²) in [5.74, 6) is -0.347. The second-order valence-electron chi connectivity index (χ2n) is 29.4. The van der Waals surface area contributed by atoms with Crippen LogP contribution in [0.1, 0.15) is 101 Å². The lowest BCUT2D eigenvalue weighted by Crippen LogP contribution is -2.43. The number of carbonyl (C=O) groups is 7. The number of rotatable bonds is 33. The number of para-hydroxylation sites is 2. The second-order valence-corrected chi connectivity index (χ2v) is 29.4. The van der Waals surface area contributed by atoms with E-state index in [0.29, 0.717) is 65.4 Å². The van der Waals surface area contributed by atoms with Crippen LogP contribution < -0.4 is 61.9 Å². The van der Waals surface area contributed by atoms with Gasteiger partial charge in [0.25, 0.3) is 34.6 Å². The number of anilines is 2. The lowest BCUT2D eigenvalue weighted by atomic mass is 10.1. The summed E-state index contributed by atoms with van der Waals surface area (Å²) >= 11 is 0. The van der Waals surface area contributed by atoms with Crippen molar-refractivity contribution < 1.29 is 125 Å². The van der Waals surface area contributed by atoms with Gasteiger partial charge < -0.3 is 77.1 Å². The number of carbonyl (C=O) groups excluding carboxylic acids is 6. The number of aliphatic hydroxyl groups excluding tert-OH is 1. The summed E-state index contributed by atoms with van der Waals surface area (Å²) < 4.78 is 64.1. The highest BCUT2D eigenvalue weighted by molar-refractivity contribution is 6.14. The first-order valence-electron chi connectivity index (χ1n) is 41.7. The van der Waals surface area contributed by atoms with Crippen molar-refractivity contribution >= 4 is 76.7 Å². The predicted octanol–water partition coefficient (Wildman–Crippen LogP) is 17.8. The molecule has 0 saturated carbocycles. The van der Waals surface area contributed by atoms with Gasteiger partial charge in [0.2, 0.25) is 0 Å². The van der Waals surface area contributed by atoms with E-state index in [2.05, 4.69) is 0 Å². The van der Waals surface area contributed by atoms with E-state index in [0.717, 1.165) is 57.4 Å². The van der Waals surface area contributed by atoms with E-state index in [1.165, 1.54) is 107 Å². The van der Waals surface area contributed by atoms with Crippen molar-refractivity contribution in [1.82, 2.24) is 0 Å². The number of ether oxygens (including phenoxy) is 12. The van der Waals surface area contributed by atoms with Crippen LogP contribution >= 0.6 is 0 Å². The Kier molecular flexibility index (Phi) is 37.3. The molecule has 2 aliphatic rings. The SMILES string of the molecule is COC(=O)[C@H]1Cc2ccccc2N1C(=O)c1cc(OC)c(OCc2ccccc2)cc1[N+](=O)[O-].COc1cc(C(=O)N2c3ccccc3C[C@@H]2CO)c([N+](=O)[O-])cc1OCc1ccccc1.COc1cc(C(=O)O)c([N+](=O)[O-])cc1OCc1ccccc1.COc1cc(C=O)c([N+](=O)[O-])cc1OCc1ccccc1.COc1cc(C=O)ccc1O.COc1cc(C=O)ccc1OCc1ccccc1. The zero-order valence-electron chi connectivity index (χ0n) is 75.2. The van der Waals surface area contributed by atoms with Crippen molar-refractivity contribution in [2.75, 3.05) is 66.2 Å². The van der Waals surface area contributed by atoms with Crippen LogP contribution in [0.5, 0.6) is 69.0 Å². The highest BCUT2D eigenvalue weighted by Gasteiger charge is 2.43. The second kappa shape index (κ2) is 50.5. The first kappa shape index (κ1) is 102. The van der Waals surface area contributed by atoms with Gasteiger partial charge in [-0.2, -0.15) is 0 Å². The zero-order chi connectivity index (χ0) is 99.3. The van der Waals surface area contributed by atoms with Gasteiger partial charge >= 0.3 is 11.9 Å². The van der Waals surface area contributed by atoms with Crippen molar-refractivity contribution in [2.24, 2.45) is 0 Å². The quantitative estimate of drug-likeness (QED) is 0.0149. The molecule has 15 rings (SSSR count). The number of aromatic carboxylic acids is 1. The molecular formula is C102H92N6O30.